The van der Waals surface area contributed by atoms with Crippen LogP contribution in [0.15, 0.2) is 162 Å². The summed E-state index contributed by atoms with van der Waals surface area (Å²) in [5, 5.41) is 7.34. The van der Waals surface area contributed by atoms with Gasteiger partial charge in [-0.2, -0.15) is 0 Å². The molecule has 10 aromatic rings. The summed E-state index contributed by atoms with van der Waals surface area (Å²) in [5.41, 5.74) is 11.4. The number of fused-ring (bicyclic) bond motifs is 10. The molecular formula is C42H26N2O. The Morgan fingerprint density at radius 1 is 0.356 bits per heavy atom. The molecule has 0 aliphatic heterocycles. The monoisotopic (exact) mass is 574 g/mol. The second-order valence-corrected chi connectivity index (χ2v) is 11.8. The Morgan fingerprint density at radius 3 is 1.80 bits per heavy atom. The van der Waals surface area contributed by atoms with E-state index in [1.807, 2.05) is 12.1 Å². The van der Waals surface area contributed by atoms with Gasteiger partial charge >= 0.3 is 0 Å². The normalized spacial score (nSPS) is 12.0. The van der Waals surface area contributed by atoms with Crippen molar-refractivity contribution in [2.45, 2.75) is 0 Å². The lowest BCUT2D eigenvalue weighted by atomic mass is 10.0. The zero-order valence-corrected chi connectivity index (χ0v) is 24.3. The Hall–Kier alpha value is -6.06. The predicted molar refractivity (Wildman–Crippen MR) is 188 cm³/mol. The largest absolute Gasteiger partial charge is 0.456 e. The highest BCUT2D eigenvalue weighted by molar-refractivity contribution is 6.26. The van der Waals surface area contributed by atoms with Crippen LogP contribution in [0.5, 0.6) is 0 Å². The molecule has 0 spiro atoms. The van der Waals surface area contributed by atoms with Gasteiger partial charge in [0, 0.05) is 43.7 Å². The summed E-state index contributed by atoms with van der Waals surface area (Å²) < 4.78 is 10.9. The molecule has 0 fully saturated rings. The van der Waals surface area contributed by atoms with Gasteiger partial charge in [-0.15, -0.1) is 0 Å². The molecule has 0 amide bonds. The molecule has 0 saturated heterocycles. The van der Waals surface area contributed by atoms with E-state index in [0.717, 1.165) is 27.6 Å². The van der Waals surface area contributed by atoms with Crippen LogP contribution in [0.4, 0.5) is 0 Å². The SMILES string of the molecule is c1ccc(-n2c3ccccc3c3ccc4c(c5ccccc5n4-c4ccc(-c5ccc6oc7ccccc7c6c5)cc4)c32)cc1. The number of aromatic nitrogens is 2. The third-order valence-electron chi connectivity index (χ3n) is 9.32. The third-order valence-corrected chi connectivity index (χ3v) is 9.32. The van der Waals surface area contributed by atoms with Gasteiger partial charge in [0.25, 0.3) is 0 Å². The van der Waals surface area contributed by atoms with E-state index in [9.17, 15) is 0 Å². The maximum absolute atomic E-state index is 6.07. The molecule has 0 aliphatic rings. The van der Waals surface area contributed by atoms with E-state index in [0.29, 0.717) is 0 Å². The van der Waals surface area contributed by atoms with Crippen molar-refractivity contribution in [1.82, 2.24) is 9.13 Å². The molecule has 0 bridgehead atoms. The fraction of sp³-hybridized carbons (Fsp3) is 0. The summed E-state index contributed by atoms with van der Waals surface area (Å²) in [6, 6.07) is 56.5. The number of nitrogens with zero attached hydrogens (tertiary/aromatic N) is 2. The van der Waals surface area contributed by atoms with Gasteiger partial charge in [-0.1, -0.05) is 97.1 Å². The van der Waals surface area contributed by atoms with E-state index in [1.54, 1.807) is 0 Å². The minimum atomic E-state index is 0.918. The van der Waals surface area contributed by atoms with E-state index >= 15 is 0 Å². The Morgan fingerprint density at radius 2 is 0.978 bits per heavy atom. The smallest absolute Gasteiger partial charge is 0.135 e. The van der Waals surface area contributed by atoms with Gasteiger partial charge in [0.05, 0.1) is 22.1 Å². The van der Waals surface area contributed by atoms with Crippen molar-refractivity contribution >= 4 is 65.6 Å². The maximum Gasteiger partial charge on any atom is 0.135 e. The van der Waals surface area contributed by atoms with Crippen molar-refractivity contribution in [3.05, 3.63) is 158 Å². The fourth-order valence-electron chi connectivity index (χ4n) is 7.34. The summed E-state index contributed by atoms with van der Waals surface area (Å²) in [5.74, 6) is 0. The van der Waals surface area contributed by atoms with Gasteiger partial charge in [0.15, 0.2) is 0 Å². The zero-order valence-electron chi connectivity index (χ0n) is 24.3. The summed E-state index contributed by atoms with van der Waals surface area (Å²) in [6.45, 7) is 0. The topological polar surface area (TPSA) is 23.0 Å². The van der Waals surface area contributed by atoms with Gasteiger partial charge in [0.2, 0.25) is 0 Å². The molecule has 3 heterocycles. The van der Waals surface area contributed by atoms with E-state index < -0.39 is 0 Å². The summed E-state index contributed by atoms with van der Waals surface area (Å²) in [6.07, 6.45) is 0. The first-order valence-electron chi connectivity index (χ1n) is 15.4. The molecule has 210 valence electrons. The highest BCUT2D eigenvalue weighted by atomic mass is 16.3. The lowest BCUT2D eigenvalue weighted by Crippen LogP contribution is -1.95. The van der Waals surface area contributed by atoms with Gasteiger partial charge in [-0.3, -0.25) is 0 Å². The van der Waals surface area contributed by atoms with Crippen LogP contribution in [0.25, 0.3) is 88.1 Å². The molecule has 3 aromatic heterocycles. The van der Waals surface area contributed by atoms with Crippen LogP contribution in [0, 0.1) is 0 Å². The maximum atomic E-state index is 6.07. The number of rotatable bonds is 3. The molecule has 0 saturated carbocycles. The Labute approximate surface area is 258 Å². The fourth-order valence-corrected chi connectivity index (χ4v) is 7.34. The predicted octanol–water partition coefficient (Wildman–Crippen LogP) is 11.4. The molecule has 3 nitrogen and oxygen atoms in total. The summed E-state index contributed by atoms with van der Waals surface area (Å²) in [4.78, 5) is 0. The van der Waals surface area contributed by atoms with Crippen LogP contribution < -0.4 is 0 Å². The van der Waals surface area contributed by atoms with Gasteiger partial charge in [-0.05, 0) is 71.8 Å². The Balaban J connectivity index is 1.21. The minimum absolute atomic E-state index is 0.918. The van der Waals surface area contributed by atoms with Crippen LogP contribution in [-0.2, 0) is 0 Å². The van der Waals surface area contributed by atoms with Crippen LogP contribution in [0.2, 0.25) is 0 Å². The van der Waals surface area contributed by atoms with Crippen molar-refractivity contribution in [2.24, 2.45) is 0 Å². The molecule has 10 rings (SSSR count). The molecule has 0 N–H and O–H groups in total. The second-order valence-electron chi connectivity index (χ2n) is 11.8. The number of benzene rings is 7. The van der Waals surface area contributed by atoms with E-state index in [1.165, 1.54) is 60.4 Å². The van der Waals surface area contributed by atoms with Crippen molar-refractivity contribution < 1.29 is 4.42 Å². The highest BCUT2D eigenvalue weighted by Crippen LogP contribution is 2.42. The van der Waals surface area contributed by atoms with E-state index in [4.69, 9.17) is 4.42 Å². The summed E-state index contributed by atoms with van der Waals surface area (Å²) >= 11 is 0. The average Bonchev–Trinajstić information content (AvgIpc) is 3.76. The third kappa shape index (κ3) is 3.46. The average molecular weight is 575 g/mol. The first-order chi connectivity index (χ1) is 22.3. The molecule has 0 unspecified atom stereocenters. The van der Waals surface area contributed by atoms with Crippen molar-refractivity contribution in [2.75, 3.05) is 0 Å². The van der Waals surface area contributed by atoms with E-state index in [2.05, 4.69) is 155 Å². The Kier molecular flexibility index (Phi) is 5.00. The standard InChI is InChI=1S/C42H26N2O/c1-2-10-29(11-3-1)44-36-15-7-4-12-31(36)33-23-24-38-41(42(33)44)34-14-5-8-16-37(34)43(38)30-21-18-27(19-22-30)28-20-25-40-35(26-28)32-13-6-9-17-39(32)45-40/h1-26H. The first-order valence-corrected chi connectivity index (χ1v) is 15.4. The molecule has 0 aliphatic carbocycles. The zero-order chi connectivity index (χ0) is 29.5. The molecule has 45 heavy (non-hydrogen) atoms. The van der Waals surface area contributed by atoms with E-state index in [-0.39, 0.29) is 0 Å². The van der Waals surface area contributed by atoms with Gasteiger partial charge in [-0.25, -0.2) is 0 Å². The van der Waals surface area contributed by atoms with Gasteiger partial charge in [0.1, 0.15) is 11.2 Å². The van der Waals surface area contributed by atoms with Crippen LogP contribution in [0.1, 0.15) is 0 Å². The number of hydrogen-bond donors (Lipinski definition) is 0. The molecule has 3 heteroatoms. The molecule has 7 aromatic carbocycles. The lowest BCUT2D eigenvalue weighted by molar-refractivity contribution is 0.669. The molecule has 0 radical (unpaired) electrons. The Bertz CT molecular complexity index is 2740. The van der Waals surface area contributed by atoms with Crippen molar-refractivity contribution in [1.29, 1.82) is 0 Å². The van der Waals surface area contributed by atoms with Crippen LogP contribution >= 0.6 is 0 Å². The van der Waals surface area contributed by atoms with Crippen LogP contribution in [0.3, 0.4) is 0 Å². The number of furan rings is 1. The van der Waals surface area contributed by atoms with Gasteiger partial charge < -0.3 is 13.6 Å². The second kappa shape index (κ2) is 9.22. The number of hydrogen-bond acceptors (Lipinski definition) is 1. The first kappa shape index (κ1) is 24.4. The minimum Gasteiger partial charge on any atom is -0.456 e. The van der Waals surface area contributed by atoms with Crippen molar-refractivity contribution in [3.8, 4) is 22.5 Å². The quantitative estimate of drug-likeness (QED) is 0.206. The molecule has 0 atom stereocenters. The van der Waals surface area contributed by atoms with Crippen LogP contribution in [-0.4, -0.2) is 9.13 Å². The lowest BCUT2D eigenvalue weighted by Gasteiger charge is -2.11. The number of para-hydroxylation sites is 4. The summed E-state index contributed by atoms with van der Waals surface area (Å²) in [7, 11) is 0. The molecular weight excluding hydrogens is 548 g/mol. The highest BCUT2D eigenvalue weighted by Gasteiger charge is 2.20. The van der Waals surface area contributed by atoms with Crippen molar-refractivity contribution in [3.63, 3.8) is 0 Å².